The van der Waals surface area contributed by atoms with E-state index in [0.29, 0.717) is 12.5 Å². The summed E-state index contributed by atoms with van der Waals surface area (Å²) in [7, 11) is 3.99. The first kappa shape index (κ1) is 19.9. The lowest BCUT2D eigenvalue weighted by molar-refractivity contribution is -0.134. The number of carbonyl (C=O) groups excluding carboxylic acids is 1. The summed E-state index contributed by atoms with van der Waals surface area (Å²) in [5, 5.41) is 9.86. The van der Waals surface area contributed by atoms with E-state index in [0.717, 1.165) is 55.7 Å². The van der Waals surface area contributed by atoms with Gasteiger partial charge in [0.15, 0.2) is 11.1 Å². The van der Waals surface area contributed by atoms with E-state index in [1.807, 2.05) is 23.9 Å². The number of nitrogens with one attached hydrogen (secondary N) is 2. The quantitative estimate of drug-likeness (QED) is 0.573. The lowest BCUT2D eigenvalue weighted by Crippen LogP contribution is -2.45. The zero-order chi connectivity index (χ0) is 19.2. The number of thiazole rings is 1. The minimum absolute atomic E-state index is 0.265. The normalized spacial score (nSPS) is 20.9. The highest BCUT2D eigenvalue weighted by Crippen LogP contribution is 2.27. The van der Waals surface area contributed by atoms with Crippen molar-refractivity contribution in [1.82, 2.24) is 20.5 Å². The fourth-order valence-corrected chi connectivity index (χ4v) is 4.51. The van der Waals surface area contributed by atoms with Gasteiger partial charge >= 0.3 is 0 Å². The van der Waals surface area contributed by atoms with E-state index in [4.69, 9.17) is 0 Å². The number of anilines is 1. The molecule has 1 aliphatic carbocycles. The maximum absolute atomic E-state index is 12.6. The molecule has 150 valence electrons. The predicted molar refractivity (Wildman–Crippen MR) is 111 cm³/mol. The van der Waals surface area contributed by atoms with Crippen LogP contribution in [0.25, 0.3) is 0 Å². The molecule has 7 nitrogen and oxygen atoms in total. The monoisotopic (exact) mass is 392 g/mol. The molecule has 1 aromatic heterocycles. The van der Waals surface area contributed by atoms with E-state index in [2.05, 4.69) is 32.9 Å². The molecule has 2 fully saturated rings. The largest absolute Gasteiger partial charge is 0.357 e. The summed E-state index contributed by atoms with van der Waals surface area (Å²) in [4.78, 5) is 25.9. The molecule has 2 aliphatic rings. The van der Waals surface area contributed by atoms with Gasteiger partial charge in [-0.1, -0.05) is 12.8 Å². The number of nitrogens with zero attached hydrogens (tertiary/aromatic N) is 4. The molecule has 1 saturated carbocycles. The molecule has 27 heavy (non-hydrogen) atoms. The molecule has 0 radical (unpaired) electrons. The Morgan fingerprint density at radius 2 is 2.15 bits per heavy atom. The topological polar surface area (TPSA) is 72.9 Å². The number of guanidine groups is 1. The van der Waals surface area contributed by atoms with Crippen LogP contribution in [0, 0.1) is 5.92 Å². The molecular formula is C19H32N6OS. The van der Waals surface area contributed by atoms with Crippen LogP contribution in [-0.2, 0) is 11.3 Å². The molecule has 2 heterocycles. The first-order valence-electron chi connectivity index (χ1n) is 10.0. The Balaban J connectivity index is 1.53. The fraction of sp³-hybridized carbons (Fsp3) is 0.737. The van der Waals surface area contributed by atoms with Gasteiger partial charge in [-0.3, -0.25) is 4.79 Å². The van der Waals surface area contributed by atoms with E-state index in [1.165, 1.54) is 12.8 Å². The Morgan fingerprint density at radius 3 is 2.81 bits per heavy atom. The van der Waals surface area contributed by atoms with Crippen molar-refractivity contribution in [2.75, 3.05) is 38.6 Å². The summed E-state index contributed by atoms with van der Waals surface area (Å²) < 4.78 is 0. The lowest BCUT2D eigenvalue weighted by Gasteiger charge is -2.21. The van der Waals surface area contributed by atoms with Crippen molar-refractivity contribution < 1.29 is 4.79 Å². The van der Waals surface area contributed by atoms with Crippen LogP contribution in [0.3, 0.4) is 0 Å². The summed E-state index contributed by atoms with van der Waals surface area (Å²) in [5.74, 6) is 1.43. The van der Waals surface area contributed by atoms with Gasteiger partial charge in [0.05, 0.1) is 12.2 Å². The molecule has 1 saturated heterocycles. The summed E-state index contributed by atoms with van der Waals surface area (Å²) in [5.41, 5.74) is 0.977. The summed E-state index contributed by atoms with van der Waals surface area (Å²) >= 11 is 1.63. The molecule has 0 spiro atoms. The fourth-order valence-electron chi connectivity index (χ4n) is 3.76. The Morgan fingerprint density at radius 1 is 1.37 bits per heavy atom. The molecule has 0 aromatic carbocycles. The van der Waals surface area contributed by atoms with Crippen molar-refractivity contribution in [1.29, 1.82) is 0 Å². The number of aliphatic imine (C=N–C) groups is 1. The van der Waals surface area contributed by atoms with E-state index in [9.17, 15) is 4.79 Å². The number of aromatic nitrogens is 1. The van der Waals surface area contributed by atoms with Gasteiger partial charge < -0.3 is 20.4 Å². The van der Waals surface area contributed by atoms with Crippen LogP contribution in [-0.4, -0.2) is 61.5 Å². The van der Waals surface area contributed by atoms with Crippen LogP contribution in [0.1, 0.15) is 44.7 Å². The molecule has 1 amide bonds. The van der Waals surface area contributed by atoms with Crippen LogP contribution < -0.4 is 15.5 Å². The first-order valence-corrected chi connectivity index (χ1v) is 10.9. The zero-order valence-corrected chi connectivity index (χ0v) is 17.5. The van der Waals surface area contributed by atoms with Crippen LogP contribution in [0.15, 0.2) is 10.4 Å². The SMILES string of the molecule is CCNC(=NCc1csc(N(C)C)n1)NC1CCN(C(=O)C2CCCC2)C1. The van der Waals surface area contributed by atoms with Crippen molar-refractivity contribution in [2.24, 2.45) is 10.9 Å². The third kappa shape index (κ3) is 5.34. The van der Waals surface area contributed by atoms with Crippen LogP contribution in [0.5, 0.6) is 0 Å². The van der Waals surface area contributed by atoms with Crippen LogP contribution in [0.2, 0.25) is 0 Å². The highest BCUT2D eigenvalue weighted by atomic mass is 32.1. The molecule has 1 atom stereocenters. The van der Waals surface area contributed by atoms with Gasteiger partial charge in [-0.25, -0.2) is 9.98 Å². The number of rotatable bonds is 6. The standard InChI is InChI=1S/C19H32N6OS/c1-4-20-18(21-11-16-13-27-19(23-16)24(2)3)22-15-9-10-25(12-15)17(26)14-7-5-6-8-14/h13-15H,4-12H2,1-3H3,(H2,20,21,22). The minimum Gasteiger partial charge on any atom is -0.357 e. The van der Waals surface area contributed by atoms with E-state index in [-0.39, 0.29) is 12.0 Å². The Bertz CT molecular complexity index is 652. The third-order valence-electron chi connectivity index (χ3n) is 5.21. The molecule has 1 unspecified atom stereocenters. The van der Waals surface area contributed by atoms with Crippen molar-refractivity contribution >= 4 is 28.3 Å². The molecule has 1 aliphatic heterocycles. The van der Waals surface area contributed by atoms with Gasteiger partial charge in [-0.2, -0.15) is 0 Å². The molecule has 1 aromatic rings. The summed E-state index contributed by atoms with van der Waals surface area (Å²) in [6.07, 6.45) is 5.52. The third-order valence-corrected chi connectivity index (χ3v) is 6.27. The van der Waals surface area contributed by atoms with Crippen molar-refractivity contribution in [3.05, 3.63) is 11.1 Å². The highest BCUT2D eigenvalue weighted by Gasteiger charge is 2.32. The molecule has 0 bridgehead atoms. The number of hydrogen-bond acceptors (Lipinski definition) is 5. The van der Waals surface area contributed by atoms with E-state index < -0.39 is 0 Å². The summed E-state index contributed by atoms with van der Waals surface area (Å²) in [6.45, 7) is 5.06. The van der Waals surface area contributed by atoms with Gasteiger partial charge in [0.2, 0.25) is 5.91 Å². The minimum atomic E-state index is 0.265. The second-order valence-corrected chi connectivity index (χ2v) is 8.44. The number of hydrogen-bond donors (Lipinski definition) is 2. The second-order valence-electron chi connectivity index (χ2n) is 7.61. The van der Waals surface area contributed by atoms with E-state index in [1.54, 1.807) is 11.3 Å². The van der Waals surface area contributed by atoms with Crippen LogP contribution in [0.4, 0.5) is 5.13 Å². The van der Waals surface area contributed by atoms with Crippen LogP contribution >= 0.6 is 11.3 Å². The predicted octanol–water partition coefficient (Wildman–Crippen LogP) is 2.06. The second kappa shape index (κ2) is 9.39. The number of carbonyl (C=O) groups is 1. The number of likely N-dealkylation sites (tertiary alicyclic amines) is 1. The average molecular weight is 393 g/mol. The Kier molecular flexibility index (Phi) is 6.93. The molecular weight excluding hydrogens is 360 g/mol. The maximum atomic E-state index is 12.6. The Hall–Kier alpha value is -1.83. The Labute approximate surface area is 166 Å². The van der Waals surface area contributed by atoms with Gasteiger partial charge in [0.25, 0.3) is 0 Å². The smallest absolute Gasteiger partial charge is 0.225 e. The van der Waals surface area contributed by atoms with Gasteiger partial charge in [-0.05, 0) is 26.2 Å². The van der Waals surface area contributed by atoms with Crippen molar-refractivity contribution in [2.45, 2.75) is 51.6 Å². The zero-order valence-electron chi connectivity index (χ0n) is 16.7. The average Bonchev–Trinajstić information content (AvgIpc) is 3.40. The van der Waals surface area contributed by atoms with Gasteiger partial charge in [0, 0.05) is 51.1 Å². The number of amides is 1. The highest BCUT2D eigenvalue weighted by molar-refractivity contribution is 7.13. The molecule has 8 heteroatoms. The lowest BCUT2D eigenvalue weighted by atomic mass is 10.1. The molecule has 3 rings (SSSR count). The maximum Gasteiger partial charge on any atom is 0.225 e. The first-order chi connectivity index (χ1) is 13.1. The van der Waals surface area contributed by atoms with Gasteiger partial charge in [-0.15, -0.1) is 11.3 Å². The van der Waals surface area contributed by atoms with Crippen molar-refractivity contribution in [3.8, 4) is 0 Å². The molecule has 2 N–H and O–H groups in total. The van der Waals surface area contributed by atoms with Crippen molar-refractivity contribution in [3.63, 3.8) is 0 Å². The summed E-state index contributed by atoms with van der Waals surface area (Å²) in [6, 6.07) is 0.265. The van der Waals surface area contributed by atoms with Gasteiger partial charge in [0.1, 0.15) is 0 Å². The van der Waals surface area contributed by atoms with E-state index >= 15 is 0 Å².